The van der Waals surface area contributed by atoms with Gasteiger partial charge in [-0.25, -0.2) is 4.99 Å². The molecular weight excluding hydrogens is 390 g/mol. The van der Waals surface area contributed by atoms with Crippen molar-refractivity contribution in [2.75, 3.05) is 37.7 Å². The number of rotatable bonds is 10. The second-order valence-corrected chi connectivity index (χ2v) is 8.02. The van der Waals surface area contributed by atoms with Crippen molar-refractivity contribution in [3.63, 3.8) is 0 Å². The van der Waals surface area contributed by atoms with Crippen LogP contribution in [0.3, 0.4) is 0 Å². The Bertz CT molecular complexity index is 842. The standard InChI is InChI=1S/C23H37N7O/c1-5-31-15-9-12-24-23(25-17-22-28-27-19(3)29(22)4)26-18(2)20-10-8-11-21(16-20)30-13-6-7-14-30/h8,10-11,16,18H,5-7,9,12-15,17H2,1-4H3,(H2,24,25,26). The van der Waals surface area contributed by atoms with Gasteiger partial charge in [0.15, 0.2) is 11.8 Å². The molecule has 0 aliphatic carbocycles. The number of anilines is 1. The third-order valence-corrected chi connectivity index (χ3v) is 5.72. The van der Waals surface area contributed by atoms with Gasteiger partial charge in [-0.15, -0.1) is 10.2 Å². The van der Waals surface area contributed by atoms with Gasteiger partial charge in [0.05, 0.1) is 6.04 Å². The fourth-order valence-corrected chi connectivity index (χ4v) is 3.67. The van der Waals surface area contributed by atoms with Crippen LogP contribution in [0.4, 0.5) is 5.69 Å². The molecule has 0 bridgehead atoms. The largest absolute Gasteiger partial charge is 0.382 e. The number of ether oxygens (including phenoxy) is 1. The van der Waals surface area contributed by atoms with Crippen LogP contribution in [-0.2, 0) is 18.3 Å². The first-order chi connectivity index (χ1) is 15.1. The molecule has 31 heavy (non-hydrogen) atoms. The van der Waals surface area contributed by atoms with E-state index in [1.807, 2.05) is 25.5 Å². The minimum atomic E-state index is 0.127. The van der Waals surface area contributed by atoms with Crippen molar-refractivity contribution < 1.29 is 4.74 Å². The number of nitrogens with zero attached hydrogens (tertiary/aromatic N) is 5. The monoisotopic (exact) mass is 427 g/mol. The maximum absolute atomic E-state index is 5.45. The van der Waals surface area contributed by atoms with Crippen LogP contribution < -0.4 is 15.5 Å². The van der Waals surface area contributed by atoms with Gasteiger partial charge in [0.25, 0.3) is 0 Å². The summed E-state index contributed by atoms with van der Waals surface area (Å²) in [6, 6.07) is 8.95. The van der Waals surface area contributed by atoms with Crippen LogP contribution in [-0.4, -0.2) is 53.6 Å². The molecule has 1 saturated heterocycles. The van der Waals surface area contributed by atoms with Gasteiger partial charge < -0.3 is 24.8 Å². The summed E-state index contributed by atoms with van der Waals surface area (Å²) >= 11 is 0. The molecule has 170 valence electrons. The van der Waals surface area contributed by atoms with Crippen molar-refractivity contribution in [3.8, 4) is 0 Å². The van der Waals surface area contributed by atoms with E-state index in [1.54, 1.807) is 0 Å². The lowest BCUT2D eigenvalue weighted by Crippen LogP contribution is -2.39. The van der Waals surface area contributed by atoms with Gasteiger partial charge in [-0.05, 0) is 57.7 Å². The van der Waals surface area contributed by atoms with Crippen molar-refractivity contribution in [1.82, 2.24) is 25.4 Å². The molecule has 1 aliphatic rings. The van der Waals surface area contributed by atoms with E-state index >= 15 is 0 Å². The predicted octanol–water partition coefficient (Wildman–Crippen LogP) is 2.95. The highest BCUT2D eigenvalue weighted by molar-refractivity contribution is 5.80. The highest BCUT2D eigenvalue weighted by atomic mass is 16.5. The Balaban J connectivity index is 1.66. The third-order valence-electron chi connectivity index (χ3n) is 5.72. The van der Waals surface area contributed by atoms with Crippen LogP contribution in [0, 0.1) is 6.92 Å². The second-order valence-electron chi connectivity index (χ2n) is 8.02. The van der Waals surface area contributed by atoms with E-state index < -0.39 is 0 Å². The topological polar surface area (TPSA) is 79.6 Å². The van der Waals surface area contributed by atoms with E-state index in [9.17, 15) is 0 Å². The van der Waals surface area contributed by atoms with E-state index in [4.69, 9.17) is 9.73 Å². The molecule has 1 aromatic heterocycles. The highest BCUT2D eigenvalue weighted by Gasteiger charge is 2.15. The summed E-state index contributed by atoms with van der Waals surface area (Å²) in [5.74, 6) is 2.50. The minimum Gasteiger partial charge on any atom is -0.382 e. The summed E-state index contributed by atoms with van der Waals surface area (Å²) in [6.07, 6.45) is 3.49. The van der Waals surface area contributed by atoms with Gasteiger partial charge in [-0.2, -0.15) is 0 Å². The van der Waals surface area contributed by atoms with E-state index in [0.29, 0.717) is 6.54 Å². The average Bonchev–Trinajstić information content (AvgIpc) is 3.43. The molecule has 0 saturated carbocycles. The Kier molecular flexibility index (Phi) is 8.70. The van der Waals surface area contributed by atoms with E-state index in [1.165, 1.54) is 24.1 Å². The molecule has 8 nitrogen and oxygen atoms in total. The molecule has 1 aromatic carbocycles. The number of aryl methyl sites for hydroxylation is 1. The smallest absolute Gasteiger partial charge is 0.192 e. The van der Waals surface area contributed by atoms with Gasteiger partial charge in [-0.1, -0.05) is 12.1 Å². The third kappa shape index (κ3) is 6.69. The Labute approximate surface area is 186 Å². The number of hydrogen-bond acceptors (Lipinski definition) is 5. The quantitative estimate of drug-likeness (QED) is 0.345. The molecule has 2 N–H and O–H groups in total. The predicted molar refractivity (Wildman–Crippen MR) is 125 cm³/mol. The Morgan fingerprint density at radius 1 is 1.26 bits per heavy atom. The fraction of sp³-hybridized carbons (Fsp3) is 0.609. The van der Waals surface area contributed by atoms with Crippen molar-refractivity contribution in [2.45, 2.75) is 52.6 Å². The zero-order valence-electron chi connectivity index (χ0n) is 19.4. The lowest BCUT2D eigenvalue weighted by molar-refractivity contribution is 0.145. The van der Waals surface area contributed by atoms with Gasteiger partial charge in [0, 0.05) is 45.6 Å². The summed E-state index contributed by atoms with van der Waals surface area (Å²) in [4.78, 5) is 7.24. The molecule has 8 heteroatoms. The van der Waals surface area contributed by atoms with Gasteiger partial charge in [0.1, 0.15) is 12.4 Å². The SMILES string of the molecule is CCOCCCNC(=NCc1nnc(C)n1C)NC(C)c1cccc(N2CCCC2)c1. The van der Waals surface area contributed by atoms with Crippen molar-refractivity contribution >= 4 is 11.6 Å². The van der Waals surface area contributed by atoms with Crippen LogP contribution in [0.1, 0.15) is 56.4 Å². The number of benzene rings is 1. The first kappa shape index (κ1) is 23.1. The second kappa shape index (κ2) is 11.7. The molecule has 3 rings (SSSR count). The van der Waals surface area contributed by atoms with Gasteiger partial charge >= 0.3 is 0 Å². The molecule has 0 spiro atoms. The number of nitrogens with one attached hydrogen (secondary N) is 2. The van der Waals surface area contributed by atoms with E-state index in [2.05, 4.69) is 56.9 Å². The van der Waals surface area contributed by atoms with Crippen LogP contribution in [0.25, 0.3) is 0 Å². The number of guanidine groups is 1. The zero-order chi connectivity index (χ0) is 22.1. The first-order valence-corrected chi connectivity index (χ1v) is 11.4. The minimum absolute atomic E-state index is 0.127. The summed E-state index contributed by atoms with van der Waals surface area (Å²) in [6.45, 7) is 11.2. The lowest BCUT2D eigenvalue weighted by Gasteiger charge is -2.22. The molecule has 0 amide bonds. The summed E-state index contributed by atoms with van der Waals surface area (Å²) in [5, 5.41) is 15.4. The Hall–Kier alpha value is -2.61. The molecule has 0 radical (unpaired) electrons. The zero-order valence-corrected chi connectivity index (χ0v) is 19.4. The molecular formula is C23H37N7O. The molecule has 1 atom stereocenters. The summed E-state index contributed by atoms with van der Waals surface area (Å²) in [5.41, 5.74) is 2.56. The molecule has 1 fully saturated rings. The van der Waals surface area contributed by atoms with Crippen molar-refractivity contribution in [1.29, 1.82) is 0 Å². The molecule has 1 aliphatic heterocycles. The van der Waals surface area contributed by atoms with E-state index in [0.717, 1.165) is 56.9 Å². The van der Waals surface area contributed by atoms with Crippen LogP contribution >= 0.6 is 0 Å². The van der Waals surface area contributed by atoms with Crippen LogP contribution in [0.5, 0.6) is 0 Å². The molecule has 2 heterocycles. The molecule has 2 aromatic rings. The maximum atomic E-state index is 5.45. The Morgan fingerprint density at radius 3 is 2.77 bits per heavy atom. The summed E-state index contributed by atoms with van der Waals surface area (Å²) in [7, 11) is 1.97. The fourth-order valence-electron chi connectivity index (χ4n) is 3.67. The highest BCUT2D eigenvalue weighted by Crippen LogP contribution is 2.24. The van der Waals surface area contributed by atoms with Gasteiger partial charge in [0.2, 0.25) is 0 Å². The van der Waals surface area contributed by atoms with E-state index in [-0.39, 0.29) is 6.04 Å². The maximum Gasteiger partial charge on any atom is 0.192 e. The van der Waals surface area contributed by atoms with Gasteiger partial charge in [-0.3, -0.25) is 0 Å². The Morgan fingerprint density at radius 2 is 2.06 bits per heavy atom. The van der Waals surface area contributed by atoms with Crippen molar-refractivity contribution in [2.24, 2.45) is 12.0 Å². The molecule has 1 unspecified atom stereocenters. The van der Waals surface area contributed by atoms with Crippen LogP contribution in [0.15, 0.2) is 29.3 Å². The lowest BCUT2D eigenvalue weighted by atomic mass is 10.1. The summed E-state index contributed by atoms with van der Waals surface area (Å²) < 4.78 is 7.42. The van der Waals surface area contributed by atoms with Crippen molar-refractivity contribution in [3.05, 3.63) is 41.5 Å². The first-order valence-electron chi connectivity index (χ1n) is 11.4. The average molecular weight is 428 g/mol. The number of hydrogen-bond donors (Lipinski definition) is 2. The number of aromatic nitrogens is 3. The van der Waals surface area contributed by atoms with Crippen LogP contribution in [0.2, 0.25) is 0 Å². The number of aliphatic imine (C=N–C) groups is 1. The normalized spacial score (nSPS) is 15.4.